The van der Waals surface area contributed by atoms with Crippen molar-refractivity contribution < 1.29 is 9.53 Å². The molecular formula is C17H23N3O2. The standard InChI is InChI=1S/C17H23N3O2/c1-3-22-17(21)19-13-4-5-16-14(10-13)15(11-18-16)12-6-8-20(2)9-7-12/h4-5,10-12,18H,3,6-9H2,1-2H3,(H,19,21). The molecule has 1 aromatic carbocycles. The summed E-state index contributed by atoms with van der Waals surface area (Å²) in [5.41, 5.74) is 3.25. The van der Waals surface area contributed by atoms with E-state index < -0.39 is 6.09 Å². The Balaban J connectivity index is 1.84. The number of ether oxygens (including phenoxy) is 1. The van der Waals surface area contributed by atoms with Crippen LogP contribution < -0.4 is 5.32 Å². The number of fused-ring (bicyclic) bond motifs is 1. The van der Waals surface area contributed by atoms with Crippen molar-refractivity contribution in [1.29, 1.82) is 0 Å². The van der Waals surface area contributed by atoms with Crippen LogP contribution in [0.25, 0.3) is 10.9 Å². The Morgan fingerprint density at radius 3 is 2.91 bits per heavy atom. The van der Waals surface area contributed by atoms with Crippen LogP contribution in [0.15, 0.2) is 24.4 Å². The summed E-state index contributed by atoms with van der Waals surface area (Å²) in [5.74, 6) is 0.586. The summed E-state index contributed by atoms with van der Waals surface area (Å²) >= 11 is 0. The van der Waals surface area contributed by atoms with Crippen molar-refractivity contribution in [2.45, 2.75) is 25.7 Å². The zero-order valence-corrected chi connectivity index (χ0v) is 13.2. The molecular weight excluding hydrogens is 278 g/mol. The number of hydrogen-bond acceptors (Lipinski definition) is 3. The van der Waals surface area contributed by atoms with Crippen molar-refractivity contribution in [2.75, 3.05) is 32.1 Å². The zero-order valence-electron chi connectivity index (χ0n) is 13.2. The second-order valence-corrected chi connectivity index (χ2v) is 5.93. The molecule has 118 valence electrons. The van der Waals surface area contributed by atoms with E-state index in [2.05, 4.69) is 28.4 Å². The maximum atomic E-state index is 11.6. The van der Waals surface area contributed by atoms with Gasteiger partial charge in [0.1, 0.15) is 0 Å². The number of amides is 1. The molecule has 0 aliphatic carbocycles. The third-order valence-corrected chi connectivity index (χ3v) is 4.39. The van der Waals surface area contributed by atoms with Gasteiger partial charge in [-0.2, -0.15) is 0 Å². The Morgan fingerprint density at radius 1 is 1.41 bits per heavy atom. The summed E-state index contributed by atoms with van der Waals surface area (Å²) in [7, 11) is 2.17. The second-order valence-electron chi connectivity index (χ2n) is 5.93. The van der Waals surface area contributed by atoms with Crippen LogP contribution in [0.5, 0.6) is 0 Å². The number of carbonyl (C=O) groups is 1. The second kappa shape index (κ2) is 6.40. The van der Waals surface area contributed by atoms with Crippen molar-refractivity contribution >= 4 is 22.7 Å². The van der Waals surface area contributed by atoms with Gasteiger partial charge >= 0.3 is 6.09 Å². The van der Waals surface area contributed by atoms with Crippen molar-refractivity contribution in [2.24, 2.45) is 0 Å². The first-order valence-electron chi connectivity index (χ1n) is 7.90. The van der Waals surface area contributed by atoms with Gasteiger partial charge in [0.05, 0.1) is 6.61 Å². The van der Waals surface area contributed by atoms with Gasteiger partial charge in [0.25, 0.3) is 0 Å². The van der Waals surface area contributed by atoms with E-state index in [9.17, 15) is 4.79 Å². The molecule has 2 N–H and O–H groups in total. The SMILES string of the molecule is CCOC(=O)Nc1ccc2[nH]cc(C3CCN(C)CC3)c2c1. The molecule has 0 radical (unpaired) electrons. The third-order valence-electron chi connectivity index (χ3n) is 4.39. The Bertz CT molecular complexity index is 657. The third kappa shape index (κ3) is 3.09. The summed E-state index contributed by atoms with van der Waals surface area (Å²) < 4.78 is 4.93. The molecule has 2 heterocycles. The van der Waals surface area contributed by atoms with E-state index in [1.54, 1.807) is 6.92 Å². The number of carbonyl (C=O) groups excluding carboxylic acids is 1. The lowest BCUT2D eigenvalue weighted by Crippen LogP contribution is -2.29. The average molecular weight is 301 g/mol. The van der Waals surface area contributed by atoms with Crippen LogP contribution in [-0.4, -0.2) is 42.7 Å². The molecule has 1 aliphatic rings. The summed E-state index contributed by atoms with van der Waals surface area (Å²) in [6.07, 6.45) is 4.07. The molecule has 1 fully saturated rings. The smallest absolute Gasteiger partial charge is 0.411 e. The highest BCUT2D eigenvalue weighted by atomic mass is 16.5. The predicted octanol–water partition coefficient (Wildman–Crippen LogP) is 3.55. The first-order valence-corrected chi connectivity index (χ1v) is 7.90. The summed E-state index contributed by atoms with van der Waals surface area (Å²) in [6.45, 7) is 4.45. The zero-order chi connectivity index (χ0) is 15.5. The van der Waals surface area contributed by atoms with E-state index in [4.69, 9.17) is 4.74 Å². The largest absolute Gasteiger partial charge is 0.450 e. The number of likely N-dealkylation sites (tertiary alicyclic amines) is 1. The fourth-order valence-electron chi connectivity index (χ4n) is 3.16. The van der Waals surface area contributed by atoms with Gasteiger partial charge in [0.15, 0.2) is 0 Å². The molecule has 22 heavy (non-hydrogen) atoms. The highest BCUT2D eigenvalue weighted by Crippen LogP contribution is 2.34. The maximum Gasteiger partial charge on any atom is 0.411 e. The van der Waals surface area contributed by atoms with E-state index in [1.165, 1.54) is 23.8 Å². The van der Waals surface area contributed by atoms with Crippen LogP contribution in [0.4, 0.5) is 10.5 Å². The highest BCUT2D eigenvalue weighted by molar-refractivity contribution is 5.91. The van der Waals surface area contributed by atoms with Crippen LogP contribution in [0.2, 0.25) is 0 Å². The van der Waals surface area contributed by atoms with Gasteiger partial charge in [0.2, 0.25) is 0 Å². The highest BCUT2D eigenvalue weighted by Gasteiger charge is 2.21. The fraction of sp³-hybridized carbons (Fsp3) is 0.471. The molecule has 3 rings (SSSR count). The number of piperidine rings is 1. The molecule has 1 amide bonds. The Kier molecular flexibility index (Phi) is 4.34. The number of rotatable bonds is 3. The monoisotopic (exact) mass is 301 g/mol. The summed E-state index contributed by atoms with van der Waals surface area (Å²) in [5, 5.41) is 3.98. The van der Waals surface area contributed by atoms with Gasteiger partial charge < -0.3 is 14.6 Å². The number of benzene rings is 1. The minimum absolute atomic E-state index is 0.374. The number of hydrogen-bond donors (Lipinski definition) is 2. The number of nitrogens with one attached hydrogen (secondary N) is 2. The number of H-pyrrole nitrogens is 1. The normalized spacial score (nSPS) is 16.8. The molecule has 0 saturated carbocycles. The van der Waals surface area contributed by atoms with Crippen molar-refractivity contribution in [3.8, 4) is 0 Å². The molecule has 0 spiro atoms. The van der Waals surface area contributed by atoms with Crippen LogP contribution in [0.3, 0.4) is 0 Å². The molecule has 0 bridgehead atoms. The Morgan fingerprint density at radius 2 is 2.18 bits per heavy atom. The van der Waals surface area contributed by atoms with Gasteiger partial charge in [-0.05, 0) is 69.6 Å². The molecule has 1 aliphatic heterocycles. The van der Waals surface area contributed by atoms with Gasteiger partial charge in [-0.15, -0.1) is 0 Å². The van der Waals surface area contributed by atoms with E-state index >= 15 is 0 Å². The quantitative estimate of drug-likeness (QED) is 0.911. The first-order chi connectivity index (χ1) is 10.7. The Labute approximate surface area is 130 Å². The van der Waals surface area contributed by atoms with E-state index in [-0.39, 0.29) is 0 Å². The number of anilines is 1. The molecule has 1 aromatic heterocycles. The molecule has 0 atom stereocenters. The minimum Gasteiger partial charge on any atom is -0.450 e. The lowest BCUT2D eigenvalue weighted by Gasteiger charge is -2.28. The van der Waals surface area contributed by atoms with E-state index in [0.29, 0.717) is 12.5 Å². The van der Waals surface area contributed by atoms with Gasteiger partial charge in [0, 0.05) is 22.8 Å². The minimum atomic E-state index is -0.404. The average Bonchev–Trinajstić information content (AvgIpc) is 2.91. The molecule has 1 saturated heterocycles. The first kappa shape index (κ1) is 14.9. The number of aromatic nitrogens is 1. The Hall–Kier alpha value is -2.01. The molecule has 5 heteroatoms. The molecule has 2 aromatic rings. The van der Waals surface area contributed by atoms with Gasteiger partial charge in [-0.1, -0.05) is 0 Å². The van der Waals surface area contributed by atoms with Gasteiger partial charge in [-0.3, -0.25) is 5.32 Å². The van der Waals surface area contributed by atoms with E-state index in [1.807, 2.05) is 18.2 Å². The van der Waals surface area contributed by atoms with Crippen LogP contribution in [0.1, 0.15) is 31.2 Å². The van der Waals surface area contributed by atoms with Crippen LogP contribution in [-0.2, 0) is 4.74 Å². The molecule has 5 nitrogen and oxygen atoms in total. The van der Waals surface area contributed by atoms with Crippen LogP contribution >= 0.6 is 0 Å². The van der Waals surface area contributed by atoms with Crippen molar-refractivity contribution in [1.82, 2.24) is 9.88 Å². The fourth-order valence-corrected chi connectivity index (χ4v) is 3.16. The number of aromatic amines is 1. The lowest BCUT2D eigenvalue weighted by molar-refractivity contribution is 0.168. The van der Waals surface area contributed by atoms with Crippen molar-refractivity contribution in [3.63, 3.8) is 0 Å². The lowest BCUT2D eigenvalue weighted by atomic mass is 9.89. The summed E-state index contributed by atoms with van der Waals surface area (Å²) in [4.78, 5) is 17.3. The summed E-state index contributed by atoms with van der Waals surface area (Å²) in [6, 6.07) is 5.94. The molecule has 0 unspecified atom stereocenters. The predicted molar refractivity (Wildman–Crippen MR) is 88.4 cm³/mol. The van der Waals surface area contributed by atoms with Gasteiger partial charge in [-0.25, -0.2) is 4.79 Å². The number of nitrogens with zero attached hydrogens (tertiary/aromatic N) is 1. The van der Waals surface area contributed by atoms with E-state index in [0.717, 1.165) is 24.3 Å². The van der Waals surface area contributed by atoms with Crippen LogP contribution in [0, 0.1) is 0 Å². The van der Waals surface area contributed by atoms with Crippen molar-refractivity contribution in [3.05, 3.63) is 30.0 Å². The maximum absolute atomic E-state index is 11.6. The topological polar surface area (TPSA) is 57.4 Å².